The zero-order valence-corrected chi connectivity index (χ0v) is 28.3. The minimum absolute atomic E-state index is 0.259. The van der Waals surface area contributed by atoms with Crippen molar-refractivity contribution in [2.24, 2.45) is 5.41 Å². The Kier molecular flexibility index (Phi) is 11.6. The number of rotatable bonds is 8. The van der Waals surface area contributed by atoms with Gasteiger partial charge in [0.25, 0.3) is 0 Å². The highest BCUT2D eigenvalue weighted by Crippen LogP contribution is 2.41. The van der Waals surface area contributed by atoms with Gasteiger partial charge in [0.05, 0.1) is 11.3 Å². The molecule has 9 heteroatoms. The van der Waals surface area contributed by atoms with Crippen LogP contribution in [0.1, 0.15) is 59.2 Å². The Hall–Kier alpha value is -3.92. The Bertz CT molecular complexity index is 1680. The first-order valence-electron chi connectivity index (χ1n) is 15.9. The third-order valence-electron chi connectivity index (χ3n) is 8.06. The van der Waals surface area contributed by atoms with Crippen LogP contribution < -0.4 is 5.73 Å². The molecule has 2 N–H and O–H groups in total. The van der Waals surface area contributed by atoms with Gasteiger partial charge in [-0.2, -0.15) is 0 Å². The maximum Gasteiger partial charge on any atom is 0.165 e. The summed E-state index contributed by atoms with van der Waals surface area (Å²) in [5, 5.41) is 1.53. The lowest BCUT2D eigenvalue weighted by Gasteiger charge is -2.48. The number of nitrogens with zero attached hydrogens (tertiary/aromatic N) is 6. The van der Waals surface area contributed by atoms with Crippen LogP contribution in [0.15, 0.2) is 84.9 Å². The molecule has 238 valence electrons. The summed E-state index contributed by atoms with van der Waals surface area (Å²) in [6, 6.07) is 16.5. The van der Waals surface area contributed by atoms with Gasteiger partial charge in [0.2, 0.25) is 0 Å². The number of anilines is 1. The number of hydrogen-bond donors (Lipinski definition) is 1. The molecule has 4 aromatic rings. The van der Waals surface area contributed by atoms with E-state index < -0.39 is 11.0 Å². The molecule has 6 rings (SSSR count). The number of nitrogens with two attached hydrogens (primary N) is 1. The smallest absolute Gasteiger partial charge is 0.165 e. The van der Waals surface area contributed by atoms with Crippen LogP contribution in [-0.2, 0) is 17.5 Å². The molecule has 1 atom stereocenters. The number of fused-ring (bicyclic) bond motifs is 1. The van der Waals surface area contributed by atoms with E-state index in [2.05, 4.69) is 57.4 Å². The molecule has 0 radical (unpaired) electrons. The molecular weight excluding hydrogens is 579 g/mol. The average molecular weight is 626 g/mol. The van der Waals surface area contributed by atoms with Gasteiger partial charge in [-0.25, -0.2) is 23.5 Å². The third kappa shape index (κ3) is 7.16. The van der Waals surface area contributed by atoms with E-state index in [-0.39, 0.29) is 5.41 Å². The molecule has 2 saturated heterocycles. The summed E-state index contributed by atoms with van der Waals surface area (Å²) in [4.78, 5) is 16.8. The number of nitrogen functional groups attached to an aromatic ring is 1. The highest BCUT2D eigenvalue weighted by Gasteiger charge is 2.48. The number of hydrogen-bond acceptors (Lipinski definition) is 6. The van der Waals surface area contributed by atoms with Crippen LogP contribution in [0.5, 0.6) is 0 Å². The molecule has 5 heterocycles. The Morgan fingerprint density at radius 1 is 1.02 bits per heavy atom. The van der Waals surface area contributed by atoms with Gasteiger partial charge < -0.3 is 5.73 Å². The summed E-state index contributed by atoms with van der Waals surface area (Å²) in [7, 11) is -1.07. The second kappa shape index (κ2) is 15.4. The summed E-state index contributed by atoms with van der Waals surface area (Å²) in [6.45, 7) is 20.4. The van der Waals surface area contributed by atoms with Gasteiger partial charge in [0.15, 0.2) is 11.5 Å². The number of aromatic nitrogens is 4. The highest BCUT2D eigenvalue weighted by molar-refractivity contribution is 7.85. The molecule has 0 saturated carbocycles. The zero-order chi connectivity index (χ0) is 32.6. The fraction of sp³-hybridized carbons (Fsp3) is 0.361. The Labute approximate surface area is 271 Å². The predicted molar refractivity (Wildman–Crippen MR) is 190 cm³/mol. The highest BCUT2D eigenvalue weighted by atomic mass is 32.2. The fourth-order valence-corrected chi connectivity index (χ4v) is 6.98. The van der Waals surface area contributed by atoms with Crippen molar-refractivity contribution in [2.45, 2.75) is 54.5 Å². The molecule has 1 spiro atoms. The lowest BCUT2D eigenvalue weighted by Crippen LogP contribution is -2.56. The van der Waals surface area contributed by atoms with Crippen molar-refractivity contribution in [1.29, 1.82) is 0 Å². The average Bonchev–Trinajstić information content (AvgIpc) is 3.68. The Morgan fingerprint density at radius 2 is 1.76 bits per heavy atom. The summed E-state index contributed by atoms with van der Waals surface area (Å²) >= 11 is 0. The van der Waals surface area contributed by atoms with E-state index in [1.807, 2.05) is 76.2 Å². The number of imidazole rings is 1. The molecule has 45 heavy (non-hydrogen) atoms. The van der Waals surface area contributed by atoms with E-state index in [9.17, 15) is 4.21 Å². The van der Waals surface area contributed by atoms with Crippen molar-refractivity contribution in [1.82, 2.24) is 28.7 Å². The van der Waals surface area contributed by atoms with Gasteiger partial charge in [-0.3, -0.25) is 9.47 Å². The summed E-state index contributed by atoms with van der Waals surface area (Å²) < 4.78 is 16.2. The molecule has 2 fully saturated rings. The van der Waals surface area contributed by atoms with Gasteiger partial charge in [-0.1, -0.05) is 64.6 Å². The summed E-state index contributed by atoms with van der Waals surface area (Å²) in [5.41, 5.74) is 13.0. The van der Waals surface area contributed by atoms with Crippen molar-refractivity contribution >= 4 is 33.5 Å². The molecule has 1 aromatic carbocycles. The van der Waals surface area contributed by atoms with E-state index in [0.29, 0.717) is 11.6 Å². The lowest BCUT2D eigenvalue weighted by molar-refractivity contribution is 0.00677. The molecule has 0 bridgehead atoms. The van der Waals surface area contributed by atoms with Gasteiger partial charge in [-0.05, 0) is 67.8 Å². The maximum atomic E-state index is 12.1. The van der Waals surface area contributed by atoms with Crippen LogP contribution in [0.3, 0.4) is 0 Å². The molecule has 2 aliphatic rings. The van der Waals surface area contributed by atoms with Gasteiger partial charge in [0, 0.05) is 55.4 Å². The molecule has 0 aliphatic carbocycles. The second-order valence-corrected chi connectivity index (χ2v) is 12.3. The van der Waals surface area contributed by atoms with Crippen molar-refractivity contribution in [3.63, 3.8) is 0 Å². The van der Waals surface area contributed by atoms with E-state index in [1.54, 1.807) is 6.20 Å². The Balaban J connectivity index is 0.00000111. The van der Waals surface area contributed by atoms with Gasteiger partial charge >= 0.3 is 0 Å². The molecule has 1 unspecified atom stereocenters. The molecular formula is C36H47N7OS. The lowest BCUT2D eigenvalue weighted by atomic mass is 9.79. The van der Waals surface area contributed by atoms with Gasteiger partial charge in [0.1, 0.15) is 22.3 Å². The predicted octanol–water partition coefficient (Wildman–Crippen LogP) is 7.41. The summed E-state index contributed by atoms with van der Waals surface area (Å²) in [6.07, 6.45) is 8.92. The second-order valence-electron chi connectivity index (χ2n) is 10.9. The largest absolute Gasteiger partial charge is 0.383 e. The third-order valence-corrected chi connectivity index (χ3v) is 9.16. The summed E-state index contributed by atoms with van der Waals surface area (Å²) in [5.74, 6) is 1.14. The van der Waals surface area contributed by atoms with E-state index in [4.69, 9.17) is 15.7 Å². The molecule has 2 aliphatic heterocycles. The zero-order valence-electron chi connectivity index (χ0n) is 27.5. The van der Waals surface area contributed by atoms with E-state index >= 15 is 0 Å². The normalized spacial score (nSPS) is 17.0. The fourth-order valence-electron chi connectivity index (χ4n) is 6.09. The standard InChI is InChI=1S/C32H35N7OS.2C2H6/c1-4-8-24(5-2)27-14-15-28-31(35-27)39(30(36-28)26-9-7-17-34-29(26)33)25-12-10-23(11-13-25)19-37-20-32(21-37)16-18-38(22-32)41(40)6-3;2*1-2/h4-15,17H,3,16,18-22H2,1-2H3,(H2,33,34);2*1-2H3/b8-4-,24-5+;;. The van der Waals surface area contributed by atoms with Crippen molar-refractivity contribution in [3.8, 4) is 17.1 Å². The number of allylic oxidation sites excluding steroid dienone is 4. The van der Waals surface area contributed by atoms with Crippen LogP contribution in [-0.4, -0.2) is 59.1 Å². The monoisotopic (exact) mass is 625 g/mol. The number of pyridine rings is 2. The first-order valence-corrected chi connectivity index (χ1v) is 17.1. The van der Waals surface area contributed by atoms with Crippen LogP contribution in [0.2, 0.25) is 0 Å². The molecule has 8 nitrogen and oxygen atoms in total. The van der Waals surface area contributed by atoms with Crippen LogP contribution in [0, 0.1) is 5.41 Å². The van der Waals surface area contributed by atoms with Gasteiger partial charge in [-0.15, -0.1) is 0 Å². The number of likely N-dealkylation sites (tertiary alicyclic amines) is 1. The minimum Gasteiger partial charge on any atom is -0.383 e. The minimum atomic E-state index is -1.07. The van der Waals surface area contributed by atoms with E-state index in [1.165, 1.54) is 11.0 Å². The first-order chi connectivity index (χ1) is 21.9. The van der Waals surface area contributed by atoms with Crippen molar-refractivity contribution in [3.05, 3.63) is 96.2 Å². The Morgan fingerprint density at radius 3 is 2.40 bits per heavy atom. The van der Waals surface area contributed by atoms with Crippen LogP contribution in [0.4, 0.5) is 5.82 Å². The van der Waals surface area contributed by atoms with Crippen LogP contribution in [0.25, 0.3) is 33.8 Å². The van der Waals surface area contributed by atoms with Crippen LogP contribution >= 0.6 is 0 Å². The van der Waals surface area contributed by atoms with Crippen molar-refractivity contribution < 1.29 is 4.21 Å². The topological polar surface area (TPSA) is 93.2 Å². The molecule has 0 amide bonds. The first kappa shape index (κ1) is 34.0. The number of benzene rings is 1. The SMILES string of the molecule is C=CS(=O)N1CCC2(CN(Cc3ccc(-n4c(-c5cccnc5N)nc5ccc(C(/C=C\C)=C/C)nc54)cc3)C2)C1.CC.CC. The molecule has 3 aromatic heterocycles. The quantitative estimate of drug-likeness (QED) is 0.205. The maximum absolute atomic E-state index is 12.1. The van der Waals surface area contributed by atoms with E-state index in [0.717, 1.165) is 72.8 Å². The van der Waals surface area contributed by atoms with Crippen molar-refractivity contribution in [2.75, 3.05) is 31.9 Å².